The summed E-state index contributed by atoms with van der Waals surface area (Å²) < 4.78 is 32.6. The van der Waals surface area contributed by atoms with Crippen molar-refractivity contribution in [3.8, 4) is 0 Å². The number of thiophene rings is 1. The van der Waals surface area contributed by atoms with Crippen LogP contribution in [-0.4, -0.2) is 18.6 Å². The molecule has 0 spiro atoms. The van der Waals surface area contributed by atoms with E-state index in [1.165, 1.54) is 6.07 Å². The lowest BCUT2D eigenvalue weighted by Crippen LogP contribution is -2.22. The Hall–Kier alpha value is -0.770. The molecule has 0 saturated carbocycles. The van der Waals surface area contributed by atoms with Crippen LogP contribution >= 0.6 is 27.3 Å². The first-order valence-electron chi connectivity index (χ1n) is 5.46. The maximum atomic E-state index is 11.9. The molecule has 0 amide bonds. The van der Waals surface area contributed by atoms with Gasteiger partial charge in [0.15, 0.2) is 0 Å². The molecule has 0 aliphatic heterocycles. The van der Waals surface area contributed by atoms with Crippen molar-refractivity contribution in [1.82, 2.24) is 14.9 Å². The highest BCUT2D eigenvalue weighted by Gasteiger charge is 2.18. The van der Waals surface area contributed by atoms with Crippen molar-refractivity contribution in [3.05, 3.63) is 27.7 Å². The number of rotatable bonds is 5. The maximum Gasteiger partial charge on any atom is 0.250 e. The zero-order chi connectivity index (χ0) is 14.0. The number of sulfonamides is 1. The highest BCUT2D eigenvalue weighted by Crippen LogP contribution is 2.25. The molecule has 19 heavy (non-hydrogen) atoms. The lowest BCUT2D eigenvalue weighted by atomic mass is 10.2. The van der Waals surface area contributed by atoms with E-state index in [1.807, 2.05) is 13.8 Å². The SMILES string of the molecule is CC(C)c1nnc(CNS(=O)(=O)c2ccc(Br)s2)o1. The zero-order valence-corrected chi connectivity index (χ0v) is 13.5. The second-order valence-corrected chi connectivity index (χ2v) is 8.53. The fraction of sp³-hybridized carbons (Fsp3) is 0.400. The second kappa shape index (κ2) is 5.70. The van der Waals surface area contributed by atoms with Gasteiger partial charge in [-0.3, -0.25) is 0 Å². The number of hydrogen-bond acceptors (Lipinski definition) is 6. The summed E-state index contributed by atoms with van der Waals surface area (Å²) in [6, 6.07) is 3.22. The number of hydrogen-bond donors (Lipinski definition) is 1. The van der Waals surface area contributed by atoms with E-state index < -0.39 is 10.0 Å². The van der Waals surface area contributed by atoms with Crippen molar-refractivity contribution >= 4 is 37.3 Å². The predicted molar refractivity (Wildman–Crippen MR) is 74.4 cm³/mol. The molecule has 0 aliphatic rings. The summed E-state index contributed by atoms with van der Waals surface area (Å²) in [6.45, 7) is 3.83. The average molecular weight is 366 g/mol. The van der Waals surface area contributed by atoms with Crippen molar-refractivity contribution in [2.75, 3.05) is 0 Å². The lowest BCUT2D eigenvalue weighted by molar-refractivity contribution is 0.427. The third kappa shape index (κ3) is 3.62. The monoisotopic (exact) mass is 365 g/mol. The minimum absolute atomic E-state index is 0.0163. The Bertz CT molecular complexity index is 663. The Morgan fingerprint density at radius 3 is 2.68 bits per heavy atom. The summed E-state index contributed by atoms with van der Waals surface area (Å²) in [6.07, 6.45) is 0. The highest BCUT2D eigenvalue weighted by atomic mass is 79.9. The third-order valence-electron chi connectivity index (χ3n) is 2.20. The molecular weight excluding hydrogens is 354 g/mol. The van der Waals surface area contributed by atoms with Gasteiger partial charge in [0.1, 0.15) is 4.21 Å². The molecule has 2 aromatic heterocycles. The van der Waals surface area contributed by atoms with E-state index in [2.05, 4.69) is 30.8 Å². The first kappa shape index (κ1) is 14.6. The molecule has 0 saturated heterocycles. The molecule has 1 N–H and O–H groups in total. The van der Waals surface area contributed by atoms with Crippen LogP contribution in [0.3, 0.4) is 0 Å². The maximum absolute atomic E-state index is 11.9. The summed E-state index contributed by atoms with van der Waals surface area (Å²) >= 11 is 4.36. The average Bonchev–Trinajstić information content (AvgIpc) is 2.95. The summed E-state index contributed by atoms with van der Waals surface area (Å²) in [5, 5.41) is 7.63. The Morgan fingerprint density at radius 1 is 1.42 bits per heavy atom. The fourth-order valence-corrected chi connectivity index (χ4v) is 4.27. The van der Waals surface area contributed by atoms with Gasteiger partial charge in [-0.1, -0.05) is 13.8 Å². The lowest BCUT2D eigenvalue weighted by Gasteiger charge is -2.01. The Balaban J connectivity index is 2.05. The largest absolute Gasteiger partial charge is 0.424 e. The van der Waals surface area contributed by atoms with Gasteiger partial charge < -0.3 is 4.42 Å². The molecule has 2 aromatic rings. The molecule has 9 heteroatoms. The van der Waals surface area contributed by atoms with Crippen LogP contribution in [0.2, 0.25) is 0 Å². The number of nitrogens with one attached hydrogen (secondary N) is 1. The van der Waals surface area contributed by atoms with Crippen molar-refractivity contribution < 1.29 is 12.8 Å². The summed E-state index contributed by atoms with van der Waals surface area (Å²) in [5.74, 6) is 0.863. The van der Waals surface area contributed by atoms with E-state index in [1.54, 1.807) is 6.07 Å². The molecule has 6 nitrogen and oxygen atoms in total. The van der Waals surface area contributed by atoms with E-state index in [4.69, 9.17) is 4.42 Å². The van der Waals surface area contributed by atoms with Gasteiger partial charge in [-0.25, -0.2) is 13.1 Å². The van der Waals surface area contributed by atoms with Crippen LogP contribution in [-0.2, 0) is 16.6 Å². The van der Waals surface area contributed by atoms with Crippen LogP contribution in [0.15, 0.2) is 24.5 Å². The second-order valence-electron chi connectivity index (χ2n) is 4.07. The van der Waals surface area contributed by atoms with Crippen LogP contribution in [0.1, 0.15) is 31.5 Å². The molecule has 104 valence electrons. The normalized spacial score (nSPS) is 12.2. The molecule has 0 radical (unpaired) electrons. The Morgan fingerprint density at radius 2 is 2.16 bits per heavy atom. The van der Waals surface area contributed by atoms with Crippen LogP contribution < -0.4 is 4.72 Å². The number of aromatic nitrogens is 2. The summed E-state index contributed by atoms with van der Waals surface area (Å²) in [7, 11) is -3.54. The summed E-state index contributed by atoms with van der Waals surface area (Å²) in [4.78, 5) is 0. The van der Waals surface area contributed by atoms with Crippen LogP contribution in [0, 0.1) is 0 Å². The molecule has 0 fully saturated rings. The fourth-order valence-electron chi connectivity index (χ4n) is 1.24. The van der Waals surface area contributed by atoms with E-state index >= 15 is 0 Å². The van der Waals surface area contributed by atoms with E-state index in [9.17, 15) is 8.42 Å². The van der Waals surface area contributed by atoms with Crippen LogP contribution in [0.5, 0.6) is 0 Å². The van der Waals surface area contributed by atoms with Crippen molar-refractivity contribution in [1.29, 1.82) is 0 Å². The summed E-state index contributed by atoms with van der Waals surface area (Å²) in [5.41, 5.74) is 0. The predicted octanol–water partition coefficient (Wildman–Crippen LogP) is 2.50. The van der Waals surface area contributed by atoms with E-state index in [0.29, 0.717) is 5.89 Å². The van der Waals surface area contributed by atoms with Crippen molar-refractivity contribution in [3.63, 3.8) is 0 Å². The molecule has 0 aliphatic carbocycles. The van der Waals surface area contributed by atoms with Gasteiger partial charge in [-0.15, -0.1) is 21.5 Å². The number of nitrogens with zero attached hydrogens (tertiary/aromatic N) is 2. The smallest absolute Gasteiger partial charge is 0.250 e. The quantitative estimate of drug-likeness (QED) is 0.879. The number of halogens is 1. The van der Waals surface area contributed by atoms with Gasteiger partial charge in [0.25, 0.3) is 10.0 Å². The molecule has 0 unspecified atom stereocenters. The van der Waals surface area contributed by atoms with E-state index in [0.717, 1.165) is 15.1 Å². The molecule has 2 rings (SSSR count). The highest BCUT2D eigenvalue weighted by molar-refractivity contribution is 9.11. The van der Waals surface area contributed by atoms with Crippen LogP contribution in [0.25, 0.3) is 0 Å². The Labute approximate surface area is 123 Å². The van der Waals surface area contributed by atoms with Gasteiger partial charge in [0.2, 0.25) is 11.8 Å². The van der Waals surface area contributed by atoms with Crippen LogP contribution in [0.4, 0.5) is 0 Å². The minimum atomic E-state index is -3.54. The molecule has 0 atom stereocenters. The zero-order valence-electron chi connectivity index (χ0n) is 10.3. The van der Waals surface area contributed by atoms with Crippen molar-refractivity contribution in [2.45, 2.75) is 30.5 Å². The first-order valence-corrected chi connectivity index (χ1v) is 8.55. The standard InChI is InChI=1S/C10H12BrN3O3S2/c1-6(2)10-14-13-8(17-10)5-12-19(15,16)9-4-3-7(11)18-9/h3-4,6,12H,5H2,1-2H3. The van der Waals surface area contributed by atoms with Gasteiger partial charge in [0.05, 0.1) is 10.3 Å². The molecule has 0 bridgehead atoms. The van der Waals surface area contributed by atoms with E-state index in [-0.39, 0.29) is 22.6 Å². The molecule has 2 heterocycles. The molecule has 0 aromatic carbocycles. The first-order chi connectivity index (χ1) is 8.88. The van der Waals surface area contributed by atoms with Gasteiger partial charge in [-0.2, -0.15) is 0 Å². The van der Waals surface area contributed by atoms with Gasteiger partial charge in [-0.05, 0) is 28.1 Å². The topological polar surface area (TPSA) is 85.1 Å². The third-order valence-corrected chi connectivity index (χ3v) is 5.72. The van der Waals surface area contributed by atoms with Gasteiger partial charge in [0, 0.05) is 5.92 Å². The van der Waals surface area contributed by atoms with Gasteiger partial charge >= 0.3 is 0 Å². The minimum Gasteiger partial charge on any atom is -0.424 e. The molecular formula is C10H12BrN3O3S2. The van der Waals surface area contributed by atoms with Crippen molar-refractivity contribution in [2.24, 2.45) is 0 Å². The Kier molecular flexibility index (Phi) is 4.39.